The first-order valence-electron chi connectivity index (χ1n) is 6.03. The van der Waals surface area contributed by atoms with Gasteiger partial charge in [0.15, 0.2) is 0 Å². The van der Waals surface area contributed by atoms with Crippen LogP contribution in [0, 0.1) is 6.92 Å². The quantitative estimate of drug-likeness (QED) is 0.848. The number of nitrogens with zero attached hydrogens (tertiary/aromatic N) is 3. The summed E-state index contributed by atoms with van der Waals surface area (Å²) in [5.41, 5.74) is 8.50. The zero-order valence-corrected chi connectivity index (χ0v) is 10.7. The third-order valence-electron chi connectivity index (χ3n) is 2.83. The van der Waals surface area contributed by atoms with Gasteiger partial charge in [-0.05, 0) is 25.0 Å². The van der Waals surface area contributed by atoms with Gasteiger partial charge in [0.05, 0.1) is 17.6 Å². The lowest BCUT2D eigenvalue weighted by atomic mass is 10.0. The van der Waals surface area contributed by atoms with Crippen LogP contribution in [0.1, 0.15) is 30.1 Å². The second-order valence-electron chi connectivity index (χ2n) is 4.37. The first-order valence-corrected chi connectivity index (χ1v) is 6.03. The van der Waals surface area contributed by atoms with Crippen LogP contribution in [0.4, 0.5) is 0 Å². The van der Waals surface area contributed by atoms with Gasteiger partial charge in [-0.25, -0.2) is 0 Å². The largest absolute Gasteiger partial charge is 0.481 e. The van der Waals surface area contributed by atoms with E-state index in [0.29, 0.717) is 6.42 Å². The van der Waals surface area contributed by atoms with E-state index in [1.807, 2.05) is 31.2 Å². The lowest BCUT2D eigenvalue weighted by Gasteiger charge is -2.14. The molecule has 100 valence electrons. The second-order valence-corrected chi connectivity index (χ2v) is 4.37. The summed E-state index contributed by atoms with van der Waals surface area (Å²) in [6.07, 6.45) is 2.09. The van der Waals surface area contributed by atoms with Gasteiger partial charge in [0.25, 0.3) is 0 Å². The van der Waals surface area contributed by atoms with E-state index >= 15 is 0 Å². The Morgan fingerprint density at radius 1 is 1.47 bits per heavy atom. The summed E-state index contributed by atoms with van der Waals surface area (Å²) in [6.45, 7) is 1.86. The number of hydrogen-bond acceptors (Lipinski definition) is 4. The summed E-state index contributed by atoms with van der Waals surface area (Å²) in [4.78, 5) is 12.1. The molecule has 0 aliphatic rings. The lowest BCUT2D eigenvalue weighted by Crippen LogP contribution is -2.15. The number of nitrogens with two attached hydrogens (primary N) is 1. The normalized spacial score (nSPS) is 12.3. The number of rotatable bonds is 5. The summed E-state index contributed by atoms with van der Waals surface area (Å²) < 4.78 is 0. The van der Waals surface area contributed by atoms with Crippen LogP contribution in [0.2, 0.25) is 0 Å². The predicted octanol–water partition coefficient (Wildman–Crippen LogP) is 1.44. The van der Waals surface area contributed by atoms with Gasteiger partial charge in [-0.2, -0.15) is 15.0 Å². The van der Waals surface area contributed by atoms with E-state index in [0.717, 1.165) is 16.9 Å². The van der Waals surface area contributed by atoms with Crippen LogP contribution in [0.5, 0.6) is 0 Å². The molecule has 0 bridgehead atoms. The minimum atomic E-state index is -0.846. The molecule has 3 N–H and O–H groups in total. The van der Waals surface area contributed by atoms with Crippen molar-refractivity contribution < 1.29 is 9.90 Å². The fourth-order valence-electron chi connectivity index (χ4n) is 1.87. The Morgan fingerprint density at radius 2 is 2.21 bits per heavy atom. The number of hydrogen-bond donors (Lipinski definition) is 2. The minimum absolute atomic E-state index is 0.0427. The average molecular weight is 260 g/mol. The number of para-hydroxylation sites is 1. The Kier molecular flexibility index (Phi) is 3.91. The van der Waals surface area contributed by atoms with Crippen molar-refractivity contribution in [3.63, 3.8) is 0 Å². The van der Waals surface area contributed by atoms with Gasteiger partial charge in [0.2, 0.25) is 0 Å². The monoisotopic (exact) mass is 260 g/mol. The van der Waals surface area contributed by atoms with E-state index in [1.165, 1.54) is 4.80 Å². The molecule has 19 heavy (non-hydrogen) atoms. The molecule has 0 aliphatic carbocycles. The molecule has 0 saturated heterocycles. The number of aromatic nitrogens is 3. The SMILES string of the molecule is Cc1cnn(-c2ccccc2C(N)CCC(=O)O)n1. The highest BCUT2D eigenvalue weighted by molar-refractivity contribution is 5.66. The molecule has 0 saturated carbocycles. The molecule has 1 aromatic heterocycles. The van der Waals surface area contributed by atoms with Crippen LogP contribution in [0.15, 0.2) is 30.5 Å². The molecule has 0 spiro atoms. The fourth-order valence-corrected chi connectivity index (χ4v) is 1.87. The number of benzene rings is 1. The minimum Gasteiger partial charge on any atom is -0.481 e. The van der Waals surface area contributed by atoms with Crippen LogP contribution >= 0.6 is 0 Å². The molecule has 2 aromatic rings. The summed E-state index contributed by atoms with van der Waals surface area (Å²) in [7, 11) is 0. The topological polar surface area (TPSA) is 94.0 Å². The van der Waals surface area contributed by atoms with Crippen molar-refractivity contribution in [3.8, 4) is 5.69 Å². The highest BCUT2D eigenvalue weighted by Crippen LogP contribution is 2.22. The average Bonchev–Trinajstić information content (AvgIpc) is 2.82. The molecular weight excluding hydrogens is 244 g/mol. The third kappa shape index (κ3) is 3.17. The van der Waals surface area contributed by atoms with Crippen LogP contribution in [-0.2, 0) is 4.79 Å². The Labute approximate surface area is 110 Å². The van der Waals surface area contributed by atoms with Crippen molar-refractivity contribution in [1.29, 1.82) is 0 Å². The smallest absolute Gasteiger partial charge is 0.303 e. The zero-order chi connectivity index (χ0) is 13.8. The Balaban J connectivity index is 2.28. The van der Waals surface area contributed by atoms with Gasteiger partial charge in [0.1, 0.15) is 0 Å². The first-order chi connectivity index (χ1) is 9.08. The Hall–Kier alpha value is -2.21. The molecule has 0 aliphatic heterocycles. The zero-order valence-electron chi connectivity index (χ0n) is 10.7. The van der Waals surface area contributed by atoms with Crippen molar-refractivity contribution in [2.24, 2.45) is 5.73 Å². The molecule has 0 amide bonds. The van der Waals surface area contributed by atoms with E-state index in [2.05, 4.69) is 10.2 Å². The number of aryl methyl sites for hydroxylation is 1. The van der Waals surface area contributed by atoms with Crippen molar-refractivity contribution in [1.82, 2.24) is 15.0 Å². The number of carboxylic acid groups (broad SMARTS) is 1. The van der Waals surface area contributed by atoms with E-state index in [4.69, 9.17) is 10.8 Å². The summed E-state index contributed by atoms with van der Waals surface area (Å²) in [6, 6.07) is 7.14. The molecular formula is C13H16N4O2. The highest BCUT2D eigenvalue weighted by Gasteiger charge is 2.14. The molecule has 1 aromatic carbocycles. The van der Waals surface area contributed by atoms with Crippen molar-refractivity contribution >= 4 is 5.97 Å². The number of aliphatic carboxylic acids is 1. The third-order valence-corrected chi connectivity index (χ3v) is 2.83. The standard InChI is InChI=1S/C13H16N4O2/c1-9-8-15-17(16-9)12-5-3-2-4-10(12)11(14)6-7-13(18)19/h2-5,8,11H,6-7,14H2,1H3,(H,18,19). The molecule has 1 unspecified atom stereocenters. The number of carbonyl (C=O) groups is 1. The lowest BCUT2D eigenvalue weighted by molar-refractivity contribution is -0.137. The van der Waals surface area contributed by atoms with Crippen LogP contribution < -0.4 is 5.73 Å². The Morgan fingerprint density at radius 3 is 2.84 bits per heavy atom. The van der Waals surface area contributed by atoms with Gasteiger partial charge in [-0.1, -0.05) is 18.2 Å². The van der Waals surface area contributed by atoms with E-state index < -0.39 is 5.97 Å². The molecule has 6 nitrogen and oxygen atoms in total. The maximum absolute atomic E-state index is 10.6. The molecule has 2 rings (SSSR count). The summed E-state index contributed by atoms with van der Waals surface area (Å²) in [5.74, 6) is -0.846. The van der Waals surface area contributed by atoms with Crippen molar-refractivity contribution in [2.45, 2.75) is 25.8 Å². The van der Waals surface area contributed by atoms with Gasteiger partial charge in [-0.15, -0.1) is 0 Å². The molecule has 6 heteroatoms. The van der Waals surface area contributed by atoms with E-state index in [-0.39, 0.29) is 12.5 Å². The second kappa shape index (κ2) is 5.62. The molecule has 0 radical (unpaired) electrons. The van der Waals surface area contributed by atoms with E-state index in [9.17, 15) is 4.79 Å². The van der Waals surface area contributed by atoms with Gasteiger partial charge >= 0.3 is 5.97 Å². The predicted molar refractivity (Wildman–Crippen MR) is 69.9 cm³/mol. The van der Waals surface area contributed by atoms with Crippen molar-refractivity contribution in [3.05, 3.63) is 41.7 Å². The van der Waals surface area contributed by atoms with Crippen LogP contribution in [0.25, 0.3) is 5.69 Å². The number of carboxylic acids is 1. The molecule has 0 fully saturated rings. The van der Waals surface area contributed by atoms with Gasteiger partial charge in [0, 0.05) is 12.5 Å². The van der Waals surface area contributed by atoms with Gasteiger partial charge in [-0.3, -0.25) is 4.79 Å². The van der Waals surface area contributed by atoms with Crippen LogP contribution in [0.3, 0.4) is 0 Å². The maximum atomic E-state index is 10.6. The maximum Gasteiger partial charge on any atom is 0.303 e. The summed E-state index contributed by atoms with van der Waals surface area (Å²) in [5, 5.41) is 17.1. The van der Waals surface area contributed by atoms with Crippen molar-refractivity contribution in [2.75, 3.05) is 0 Å². The highest BCUT2D eigenvalue weighted by atomic mass is 16.4. The molecule has 1 atom stereocenters. The fraction of sp³-hybridized carbons (Fsp3) is 0.308. The Bertz CT molecular complexity index is 580. The van der Waals surface area contributed by atoms with Crippen LogP contribution in [-0.4, -0.2) is 26.1 Å². The van der Waals surface area contributed by atoms with E-state index in [1.54, 1.807) is 6.20 Å². The summed E-state index contributed by atoms with van der Waals surface area (Å²) >= 11 is 0. The first kappa shape index (κ1) is 13.2. The molecule has 1 heterocycles. The van der Waals surface area contributed by atoms with Gasteiger partial charge < -0.3 is 10.8 Å².